The van der Waals surface area contributed by atoms with Gasteiger partial charge in [-0.05, 0) is 41.6 Å². The zero-order chi connectivity index (χ0) is 13.9. The van der Waals surface area contributed by atoms with E-state index >= 15 is 0 Å². The Morgan fingerprint density at radius 1 is 1.10 bits per heavy atom. The maximum Gasteiger partial charge on any atom is 0.259 e. The third-order valence-corrected chi connectivity index (χ3v) is 3.42. The number of anilines is 1. The lowest BCUT2D eigenvalue weighted by atomic mass is 10.1. The van der Waals surface area contributed by atoms with Crippen molar-refractivity contribution in [1.82, 2.24) is 9.55 Å². The number of aryl methyl sites for hydroxylation is 1. The van der Waals surface area contributed by atoms with Crippen molar-refractivity contribution in [3.8, 4) is 0 Å². The normalized spacial score (nSPS) is 10.8. The summed E-state index contributed by atoms with van der Waals surface area (Å²) in [5.74, 6) is 0.503. The summed E-state index contributed by atoms with van der Waals surface area (Å²) in [4.78, 5) is 16.4. The highest BCUT2D eigenvalue weighted by Gasteiger charge is 2.06. The fourth-order valence-electron chi connectivity index (χ4n) is 2.34. The second-order valence-electron chi connectivity index (χ2n) is 4.72. The molecule has 0 atom stereocenters. The van der Waals surface area contributed by atoms with Gasteiger partial charge >= 0.3 is 0 Å². The molecule has 4 nitrogen and oxygen atoms in total. The highest BCUT2D eigenvalue weighted by atomic mass is 16.1. The molecule has 1 aromatic carbocycles. The van der Waals surface area contributed by atoms with Gasteiger partial charge in [-0.15, -0.1) is 0 Å². The zero-order valence-corrected chi connectivity index (χ0v) is 11.0. The Labute approximate surface area is 116 Å². The second kappa shape index (κ2) is 5.17. The van der Waals surface area contributed by atoms with E-state index in [2.05, 4.69) is 4.98 Å². The minimum absolute atomic E-state index is 0.0327. The van der Waals surface area contributed by atoms with Crippen molar-refractivity contribution >= 4 is 16.6 Å². The average molecular weight is 265 g/mol. The molecule has 0 aliphatic rings. The van der Waals surface area contributed by atoms with Crippen molar-refractivity contribution in [1.29, 1.82) is 0 Å². The van der Waals surface area contributed by atoms with Crippen molar-refractivity contribution in [3.63, 3.8) is 0 Å². The summed E-state index contributed by atoms with van der Waals surface area (Å²) in [6.45, 7) is 0.569. The Morgan fingerprint density at radius 3 is 2.65 bits per heavy atom. The third kappa shape index (κ3) is 2.28. The molecule has 0 bridgehead atoms. The van der Waals surface area contributed by atoms with E-state index in [-0.39, 0.29) is 5.56 Å². The number of benzene rings is 1. The standard InChI is InChI=1S/C16H15N3O/c17-15-11-13-3-1-2-4-14(13)16(20)19(15)10-7-12-5-8-18-9-6-12/h1-6,8-9,11H,7,10,17H2. The predicted octanol–water partition coefficient (Wildman–Crippen LogP) is 2.22. The quantitative estimate of drug-likeness (QED) is 0.790. The Kier molecular flexibility index (Phi) is 3.21. The molecule has 20 heavy (non-hydrogen) atoms. The van der Waals surface area contributed by atoms with Crippen molar-refractivity contribution in [2.45, 2.75) is 13.0 Å². The minimum Gasteiger partial charge on any atom is -0.385 e. The van der Waals surface area contributed by atoms with Gasteiger partial charge in [0.15, 0.2) is 0 Å². The molecule has 0 aliphatic carbocycles. The van der Waals surface area contributed by atoms with Gasteiger partial charge in [-0.1, -0.05) is 18.2 Å². The van der Waals surface area contributed by atoms with Crippen molar-refractivity contribution < 1.29 is 0 Å². The van der Waals surface area contributed by atoms with Gasteiger partial charge in [-0.25, -0.2) is 0 Å². The number of pyridine rings is 2. The van der Waals surface area contributed by atoms with Crippen LogP contribution >= 0.6 is 0 Å². The second-order valence-corrected chi connectivity index (χ2v) is 4.72. The number of nitrogen functional groups attached to an aromatic ring is 1. The van der Waals surface area contributed by atoms with Crippen LogP contribution in [0.4, 0.5) is 5.82 Å². The van der Waals surface area contributed by atoms with Crippen LogP contribution in [0.5, 0.6) is 0 Å². The van der Waals surface area contributed by atoms with Crippen LogP contribution < -0.4 is 11.3 Å². The number of fused-ring (bicyclic) bond motifs is 1. The predicted molar refractivity (Wildman–Crippen MR) is 80.6 cm³/mol. The van der Waals surface area contributed by atoms with Gasteiger partial charge in [-0.2, -0.15) is 0 Å². The molecule has 0 amide bonds. The van der Waals surface area contributed by atoms with Crippen LogP contribution in [0.1, 0.15) is 5.56 Å². The SMILES string of the molecule is Nc1cc2ccccc2c(=O)n1CCc1ccncc1. The summed E-state index contributed by atoms with van der Waals surface area (Å²) in [6.07, 6.45) is 4.26. The molecular weight excluding hydrogens is 250 g/mol. The molecule has 0 aliphatic heterocycles. The fraction of sp³-hybridized carbons (Fsp3) is 0.125. The van der Waals surface area contributed by atoms with Crippen molar-refractivity contribution in [2.75, 3.05) is 5.73 Å². The first-order valence-corrected chi connectivity index (χ1v) is 6.52. The summed E-state index contributed by atoms with van der Waals surface area (Å²) >= 11 is 0. The molecule has 0 spiro atoms. The van der Waals surface area contributed by atoms with E-state index in [0.717, 1.165) is 17.4 Å². The number of aromatic nitrogens is 2. The van der Waals surface area contributed by atoms with Gasteiger partial charge in [0.25, 0.3) is 5.56 Å². The highest BCUT2D eigenvalue weighted by molar-refractivity contribution is 5.83. The Balaban J connectivity index is 1.97. The van der Waals surface area contributed by atoms with E-state index in [1.807, 2.05) is 42.5 Å². The molecule has 0 fully saturated rings. The van der Waals surface area contributed by atoms with E-state index in [0.29, 0.717) is 17.7 Å². The van der Waals surface area contributed by atoms with Gasteiger partial charge < -0.3 is 5.73 Å². The zero-order valence-electron chi connectivity index (χ0n) is 11.0. The van der Waals surface area contributed by atoms with Crippen LogP contribution in [0.2, 0.25) is 0 Å². The summed E-state index contributed by atoms with van der Waals surface area (Å²) < 4.78 is 1.63. The topological polar surface area (TPSA) is 60.9 Å². The summed E-state index contributed by atoms with van der Waals surface area (Å²) in [5.41, 5.74) is 7.11. The average Bonchev–Trinajstić information content (AvgIpc) is 2.48. The monoisotopic (exact) mass is 265 g/mol. The molecular formula is C16H15N3O. The first kappa shape index (κ1) is 12.4. The summed E-state index contributed by atoms with van der Waals surface area (Å²) in [5, 5.41) is 1.59. The number of nitrogens with two attached hydrogens (primary N) is 1. The Bertz CT molecular complexity index is 794. The number of hydrogen-bond donors (Lipinski definition) is 1. The van der Waals surface area contributed by atoms with E-state index in [4.69, 9.17) is 5.73 Å². The van der Waals surface area contributed by atoms with E-state index in [9.17, 15) is 4.79 Å². The molecule has 3 rings (SSSR count). The third-order valence-electron chi connectivity index (χ3n) is 3.42. The molecule has 0 saturated heterocycles. The van der Waals surface area contributed by atoms with Gasteiger partial charge in [0.2, 0.25) is 0 Å². The Morgan fingerprint density at radius 2 is 1.85 bits per heavy atom. The van der Waals surface area contributed by atoms with Gasteiger partial charge in [-0.3, -0.25) is 14.3 Å². The number of nitrogens with zero attached hydrogens (tertiary/aromatic N) is 2. The van der Waals surface area contributed by atoms with Crippen LogP contribution in [0, 0.1) is 0 Å². The lowest BCUT2D eigenvalue weighted by molar-refractivity contribution is 0.684. The molecule has 0 unspecified atom stereocenters. The maximum atomic E-state index is 12.4. The van der Waals surface area contributed by atoms with Crippen LogP contribution in [0.15, 0.2) is 59.7 Å². The van der Waals surface area contributed by atoms with Gasteiger partial charge in [0, 0.05) is 24.3 Å². The first-order valence-electron chi connectivity index (χ1n) is 6.52. The highest BCUT2D eigenvalue weighted by Crippen LogP contribution is 2.13. The smallest absolute Gasteiger partial charge is 0.259 e. The largest absolute Gasteiger partial charge is 0.385 e. The van der Waals surface area contributed by atoms with Crippen LogP contribution in [0.25, 0.3) is 10.8 Å². The van der Waals surface area contributed by atoms with E-state index in [1.54, 1.807) is 17.0 Å². The van der Waals surface area contributed by atoms with Crippen molar-refractivity contribution in [3.05, 3.63) is 70.8 Å². The molecule has 0 radical (unpaired) electrons. The Hall–Kier alpha value is -2.62. The summed E-state index contributed by atoms with van der Waals surface area (Å²) in [6, 6.07) is 13.3. The number of rotatable bonds is 3. The molecule has 2 aromatic heterocycles. The summed E-state index contributed by atoms with van der Waals surface area (Å²) in [7, 11) is 0. The van der Waals surface area contributed by atoms with E-state index in [1.165, 1.54) is 0 Å². The molecule has 100 valence electrons. The molecule has 3 aromatic rings. The molecule has 2 N–H and O–H groups in total. The maximum absolute atomic E-state index is 12.4. The van der Waals surface area contributed by atoms with E-state index < -0.39 is 0 Å². The van der Waals surface area contributed by atoms with Crippen LogP contribution in [-0.4, -0.2) is 9.55 Å². The lowest BCUT2D eigenvalue weighted by Crippen LogP contribution is -2.24. The van der Waals surface area contributed by atoms with Gasteiger partial charge in [0.1, 0.15) is 5.82 Å². The molecule has 0 saturated carbocycles. The van der Waals surface area contributed by atoms with Gasteiger partial charge in [0.05, 0.1) is 0 Å². The van der Waals surface area contributed by atoms with Crippen LogP contribution in [0.3, 0.4) is 0 Å². The molecule has 2 heterocycles. The number of hydrogen-bond acceptors (Lipinski definition) is 3. The minimum atomic E-state index is -0.0327. The lowest BCUT2D eigenvalue weighted by Gasteiger charge is -2.11. The molecule has 4 heteroatoms. The first-order chi connectivity index (χ1) is 9.75. The fourth-order valence-corrected chi connectivity index (χ4v) is 2.34. The van der Waals surface area contributed by atoms with Crippen molar-refractivity contribution in [2.24, 2.45) is 0 Å². The van der Waals surface area contributed by atoms with Crippen LogP contribution in [-0.2, 0) is 13.0 Å².